The number of aromatic amines is 1. The molecule has 30 heavy (non-hydrogen) atoms. The summed E-state index contributed by atoms with van der Waals surface area (Å²) in [5, 5.41) is 11.8. The molecule has 0 radical (unpaired) electrons. The Bertz CT molecular complexity index is 1130. The molecule has 160 valence electrons. The van der Waals surface area contributed by atoms with Gasteiger partial charge < -0.3 is 10.1 Å². The first-order valence-electron chi connectivity index (χ1n) is 9.96. The maximum absolute atomic E-state index is 11.7. The lowest BCUT2D eigenvalue weighted by Crippen LogP contribution is -2.41. The van der Waals surface area contributed by atoms with Gasteiger partial charge in [-0.05, 0) is 55.3 Å². The zero-order valence-corrected chi connectivity index (χ0v) is 18.0. The minimum absolute atomic E-state index is 0.356. The fourth-order valence-corrected chi connectivity index (χ4v) is 4.54. The van der Waals surface area contributed by atoms with Crippen molar-refractivity contribution in [2.24, 2.45) is 0 Å². The predicted molar refractivity (Wildman–Crippen MR) is 119 cm³/mol. The van der Waals surface area contributed by atoms with E-state index in [-0.39, 0.29) is 0 Å². The van der Waals surface area contributed by atoms with Crippen LogP contribution in [0.4, 0.5) is 11.4 Å². The fourth-order valence-electron chi connectivity index (χ4n) is 3.98. The Hall–Kier alpha value is -2.78. The number of likely N-dealkylation sites (tertiary alicyclic amines) is 1. The molecule has 3 N–H and O–H groups in total. The molecule has 9 heteroatoms. The molecule has 0 spiro atoms. The van der Waals surface area contributed by atoms with Gasteiger partial charge in [0.2, 0.25) is 10.0 Å². The van der Waals surface area contributed by atoms with Crippen LogP contribution in [-0.4, -0.2) is 56.0 Å². The third-order valence-electron chi connectivity index (χ3n) is 5.28. The van der Waals surface area contributed by atoms with Gasteiger partial charge in [0, 0.05) is 30.2 Å². The van der Waals surface area contributed by atoms with Crippen molar-refractivity contribution in [2.45, 2.75) is 25.4 Å². The fraction of sp³-hybridized carbons (Fsp3) is 0.381. The highest BCUT2D eigenvalue weighted by Gasteiger charge is 2.20. The Balaban J connectivity index is 1.42. The van der Waals surface area contributed by atoms with Crippen LogP contribution in [0.5, 0.6) is 5.75 Å². The molecular formula is C21H27N5O3S. The molecule has 1 aromatic heterocycles. The van der Waals surface area contributed by atoms with Crippen molar-refractivity contribution in [3.63, 3.8) is 0 Å². The number of ether oxygens (including phenoxy) is 1. The van der Waals surface area contributed by atoms with Crippen LogP contribution in [-0.2, 0) is 16.6 Å². The average molecular weight is 430 g/mol. The Kier molecular flexibility index (Phi) is 5.83. The summed E-state index contributed by atoms with van der Waals surface area (Å²) < 4.78 is 31.1. The summed E-state index contributed by atoms with van der Waals surface area (Å²) in [5.74, 6) is 0.511. The summed E-state index contributed by atoms with van der Waals surface area (Å²) in [4.78, 5) is 2.39. The van der Waals surface area contributed by atoms with Gasteiger partial charge >= 0.3 is 0 Å². The van der Waals surface area contributed by atoms with Crippen molar-refractivity contribution in [3.05, 3.63) is 48.2 Å². The smallest absolute Gasteiger partial charge is 0.229 e. The predicted octanol–water partition coefficient (Wildman–Crippen LogP) is 3.02. The number of nitrogens with one attached hydrogen (secondary N) is 3. The van der Waals surface area contributed by atoms with E-state index in [9.17, 15) is 8.42 Å². The number of sulfonamides is 1. The third kappa shape index (κ3) is 5.03. The zero-order chi connectivity index (χ0) is 21.1. The van der Waals surface area contributed by atoms with Crippen molar-refractivity contribution >= 4 is 32.3 Å². The van der Waals surface area contributed by atoms with Crippen LogP contribution in [0.2, 0.25) is 0 Å². The molecule has 3 aromatic rings. The number of anilines is 2. The van der Waals surface area contributed by atoms with Crippen LogP contribution < -0.4 is 14.8 Å². The van der Waals surface area contributed by atoms with Crippen LogP contribution in [0.15, 0.2) is 42.6 Å². The number of aromatic nitrogens is 2. The van der Waals surface area contributed by atoms with E-state index in [0.29, 0.717) is 17.5 Å². The highest BCUT2D eigenvalue weighted by atomic mass is 32.2. The monoisotopic (exact) mass is 429 g/mol. The highest BCUT2D eigenvalue weighted by molar-refractivity contribution is 7.92. The number of rotatable bonds is 7. The maximum atomic E-state index is 11.7. The second-order valence-electron chi connectivity index (χ2n) is 7.80. The number of fused-ring (bicyclic) bond motifs is 1. The van der Waals surface area contributed by atoms with Crippen molar-refractivity contribution < 1.29 is 13.2 Å². The molecule has 8 nitrogen and oxygen atoms in total. The Labute approximate surface area is 176 Å². The molecule has 0 aliphatic carbocycles. The number of nitrogens with zero attached hydrogens (tertiary/aromatic N) is 2. The van der Waals surface area contributed by atoms with Gasteiger partial charge in [-0.2, -0.15) is 5.10 Å². The zero-order valence-electron chi connectivity index (χ0n) is 17.2. The highest BCUT2D eigenvalue weighted by Crippen LogP contribution is 2.28. The minimum Gasteiger partial charge on any atom is -0.495 e. The van der Waals surface area contributed by atoms with Crippen LogP contribution >= 0.6 is 0 Å². The lowest BCUT2D eigenvalue weighted by Gasteiger charge is -2.33. The Morgan fingerprint density at radius 3 is 2.93 bits per heavy atom. The van der Waals surface area contributed by atoms with Crippen molar-refractivity contribution in [1.82, 2.24) is 15.1 Å². The van der Waals surface area contributed by atoms with E-state index in [1.165, 1.54) is 7.11 Å². The summed E-state index contributed by atoms with van der Waals surface area (Å²) in [6.45, 7) is 2.69. The van der Waals surface area contributed by atoms with E-state index in [2.05, 4.69) is 37.3 Å². The Morgan fingerprint density at radius 2 is 2.13 bits per heavy atom. The van der Waals surface area contributed by atoms with Crippen LogP contribution in [0.3, 0.4) is 0 Å². The van der Waals surface area contributed by atoms with Crippen LogP contribution in [0, 0.1) is 0 Å². The summed E-state index contributed by atoms with van der Waals surface area (Å²) in [6.07, 6.45) is 5.19. The van der Waals surface area contributed by atoms with Crippen molar-refractivity contribution in [1.29, 1.82) is 0 Å². The number of methoxy groups -OCH3 is 1. The number of hydrogen-bond donors (Lipinski definition) is 3. The summed E-state index contributed by atoms with van der Waals surface area (Å²) in [6, 6.07) is 12.2. The first-order valence-corrected chi connectivity index (χ1v) is 11.9. The van der Waals surface area contributed by atoms with Crippen molar-refractivity contribution in [2.75, 3.05) is 36.5 Å². The number of hydrogen-bond acceptors (Lipinski definition) is 6. The molecular weight excluding hydrogens is 402 g/mol. The van der Waals surface area contributed by atoms with Gasteiger partial charge in [0.15, 0.2) is 0 Å². The van der Waals surface area contributed by atoms with Gasteiger partial charge in [0.25, 0.3) is 0 Å². The summed E-state index contributed by atoms with van der Waals surface area (Å²) in [7, 11) is -1.84. The molecule has 4 rings (SSSR count). The molecule has 0 saturated carbocycles. The third-order valence-corrected chi connectivity index (χ3v) is 5.87. The minimum atomic E-state index is -3.37. The number of piperidine rings is 1. The second kappa shape index (κ2) is 8.53. The van der Waals surface area contributed by atoms with E-state index >= 15 is 0 Å². The van der Waals surface area contributed by atoms with Gasteiger partial charge in [-0.1, -0.05) is 6.07 Å². The van der Waals surface area contributed by atoms with Crippen molar-refractivity contribution in [3.8, 4) is 5.75 Å². The molecule has 0 amide bonds. The molecule has 1 aliphatic heterocycles. The number of H-pyrrole nitrogens is 1. The van der Waals surface area contributed by atoms with E-state index in [0.717, 1.165) is 60.9 Å². The lowest BCUT2D eigenvalue weighted by atomic mass is 10.0. The topological polar surface area (TPSA) is 99.3 Å². The largest absolute Gasteiger partial charge is 0.495 e. The summed E-state index contributed by atoms with van der Waals surface area (Å²) >= 11 is 0. The van der Waals surface area contributed by atoms with Gasteiger partial charge in [0.1, 0.15) is 5.75 Å². The molecule has 0 bridgehead atoms. The average Bonchev–Trinajstić information content (AvgIpc) is 3.15. The molecule has 1 atom stereocenters. The lowest BCUT2D eigenvalue weighted by molar-refractivity contribution is 0.208. The van der Waals surface area contributed by atoms with E-state index in [4.69, 9.17) is 4.74 Å². The van der Waals surface area contributed by atoms with Gasteiger partial charge in [-0.3, -0.25) is 14.7 Å². The summed E-state index contributed by atoms with van der Waals surface area (Å²) in [5.41, 5.74) is 3.64. The van der Waals surface area contributed by atoms with Crippen LogP contribution in [0.1, 0.15) is 18.4 Å². The normalized spacial score (nSPS) is 17.7. The van der Waals surface area contributed by atoms with E-state index < -0.39 is 10.0 Å². The van der Waals surface area contributed by atoms with Crippen LogP contribution in [0.25, 0.3) is 10.9 Å². The van der Waals surface area contributed by atoms with E-state index in [1.54, 1.807) is 0 Å². The molecule has 2 aromatic carbocycles. The molecule has 1 unspecified atom stereocenters. The second-order valence-corrected chi connectivity index (χ2v) is 9.55. The van der Waals surface area contributed by atoms with Gasteiger partial charge in [-0.15, -0.1) is 0 Å². The number of benzene rings is 2. The molecule has 1 saturated heterocycles. The first-order chi connectivity index (χ1) is 14.4. The molecule has 1 aliphatic rings. The SMILES string of the molecule is COc1ccc(CN2CCCC(Nc3ccc4[nH]ncc4c3)C2)cc1NS(C)(=O)=O. The first kappa shape index (κ1) is 20.5. The van der Waals surface area contributed by atoms with Gasteiger partial charge in [-0.25, -0.2) is 8.42 Å². The van der Waals surface area contributed by atoms with Gasteiger partial charge in [0.05, 0.1) is 30.8 Å². The quantitative estimate of drug-likeness (QED) is 0.534. The van der Waals surface area contributed by atoms with E-state index in [1.807, 2.05) is 30.5 Å². The standard InChI is InChI=1S/C21H27N5O3S/c1-29-21-8-5-15(10-20(21)25-30(2,27)28)13-26-9-3-4-18(14-26)23-17-6-7-19-16(11-17)12-22-24-19/h5-8,10-12,18,23,25H,3-4,9,13-14H2,1-2H3,(H,22,24). The Morgan fingerprint density at radius 1 is 1.27 bits per heavy atom. The maximum Gasteiger partial charge on any atom is 0.229 e. The molecule has 2 heterocycles. The molecule has 1 fully saturated rings.